The lowest BCUT2D eigenvalue weighted by molar-refractivity contribution is -0.123. The summed E-state index contributed by atoms with van der Waals surface area (Å²) in [5, 5.41) is 5.59. The fourth-order valence-corrected chi connectivity index (χ4v) is 2.45. The molecule has 4 heteroatoms. The predicted molar refractivity (Wildman–Crippen MR) is 104 cm³/mol. The summed E-state index contributed by atoms with van der Waals surface area (Å²) in [6, 6.07) is 16.3. The van der Waals surface area contributed by atoms with E-state index in [1.807, 2.05) is 63.2 Å². The molecule has 0 spiro atoms. The molecule has 134 valence electrons. The molecule has 0 saturated carbocycles. The molecule has 0 aromatic heterocycles. The second kappa shape index (κ2) is 9.43. The third-order valence-corrected chi connectivity index (χ3v) is 3.87. The molecule has 1 atom stereocenters. The molecule has 2 rings (SSSR count). The fraction of sp³-hybridized carbons (Fsp3) is 0.273. The van der Waals surface area contributed by atoms with Crippen molar-refractivity contribution in [2.24, 2.45) is 5.92 Å². The molecule has 0 saturated heterocycles. The normalized spacial score (nSPS) is 11.2. The Kier molecular flexibility index (Phi) is 6.99. The highest BCUT2D eigenvalue weighted by atomic mass is 16.2. The number of benzene rings is 2. The first-order valence-electron chi connectivity index (χ1n) is 8.66. The van der Waals surface area contributed by atoms with Gasteiger partial charge in [0.25, 0.3) is 5.91 Å². The molecule has 2 amide bonds. The molecule has 0 radical (unpaired) electrons. The second-order valence-electron chi connectivity index (χ2n) is 6.45. The summed E-state index contributed by atoms with van der Waals surface area (Å²) in [7, 11) is 0. The van der Waals surface area contributed by atoms with Gasteiger partial charge in [0.1, 0.15) is 6.04 Å². The molecular formula is C22H24N2O2. The summed E-state index contributed by atoms with van der Waals surface area (Å²) in [5.74, 6) is 5.39. The molecule has 0 fully saturated rings. The molecule has 0 bridgehead atoms. The van der Waals surface area contributed by atoms with Crippen LogP contribution in [0.25, 0.3) is 0 Å². The first-order valence-corrected chi connectivity index (χ1v) is 8.66. The van der Waals surface area contributed by atoms with Crippen molar-refractivity contribution in [3.8, 4) is 11.8 Å². The van der Waals surface area contributed by atoms with E-state index in [-0.39, 0.29) is 24.3 Å². The number of hydrogen-bond donors (Lipinski definition) is 2. The minimum atomic E-state index is -0.610. The first kappa shape index (κ1) is 19.3. The van der Waals surface area contributed by atoms with Crippen LogP contribution >= 0.6 is 0 Å². The van der Waals surface area contributed by atoms with E-state index in [2.05, 4.69) is 22.5 Å². The van der Waals surface area contributed by atoms with Gasteiger partial charge in [-0.3, -0.25) is 9.59 Å². The van der Waals surface area contributed by atoms with Gasteiger partial charge in [-0.2, -0.15) is 0 Å². The number of rotatable bonds is 5. The van der Waals surface area contributed by atoms with E-state index in [1.165, 1.54) is 0 Å². The molecule has 1 unspecified atom stereocenters. The average molecular weight is 348 g/mol. The topological polar surface area (TPSA) is 58.2 Å². The van der Waals surface area contributed by atoms with E-state index in [1.54, 1.807) is 12.1 Å². The van der Waals surface area contributed by atoms with Crippen molar-refractivity contribution in [2.45, 2.75) is 26.8 Å². The van der Waals surface area contributed by atoms with Crippen molar-refractivity contribution < 1.29 is 9.59 Å². The molecular weight excluding hydrogens is 324 g/mol. The van der Waals surface area contributed by atoms with Gasteiger partial charge < -0.3 is 10.6 Å². The van der Waals surface area contributed by atoms with Gasteiger partial charge >= 0.3 is 0 Å². The van der Waals surface area contributed by atoms with Gasteiger partial charge in [-0.05, 0) is 37.1 Å². The predicted octanol–water partition coefficient (Wildman–Crippen LogP) is 2.92. The molecule has 0 aliphatic rings. The second-order valence-corrected chi connectivity index (χ2v) is 6.45. The summed E-state index contributed by atoms with van der Waals surface area (Å²) in [6.45, 7) is 5.96. The number of hydrogen-bond acceptors (Lipinski definition) is 2. The Bertz CT molecular complexity index is 817. The fourth-order valence-electron chi connectivity index (χ4n) is 2.45. The van der Waals surface area contributed by atoms with Crippen LogP contribution in [0.4, 0.5) is 0 Å². The third kappa shape index (κ3) is 5.78. The lowest BCUT2D eigenvalue weighted by Gasteiger charge is -2.21. The molecule has 0 heterocycles. The van der Waals surface area contributed by atoms with Crippen molar-refractivity contribution in [1.82, 2.24) is 10.6 Å². The Balaban J connectivity index is 1.95. The number of aryl methyl sites for hydroxylation is 1. The van der Waals surface area contributed by atoms with E-state index in [4.69, 9.17) is 0 Å². The monoisotopic (exact) mass is 348 g/mol. The Labute approximate surface area is 155 Å². The van der Waals surface area contributed by atoms with Gasteiger partial charge in [0.05, 0.1) is 6.54 Å². The van der Waals surface area contributed by atoms with E-state index in [9.17, 15) is 9.59 Å². The quantitative estimate of drug-likeness (QED) is 0.816. The van der Waals surface area contributed by atoms with Crippen LogP contribution in [0.3, 0.4) is 0 Å². The summed E-state index contributed by atoms with van der Waals surface area (Å²) in [4.78, 5) is 24.8. The number of nitrogens with one attached hydrogen (secondary N) is 2. The molecule has 0 aliphatic heterocycles. The van der Waals surface area contributed by atoms with Crippen molar-refractivity contribution >= 4 is 11.8 Å². The molecule has 2 N–H and O–H groups in total. The smallest absolute Gasteiger partial charge is 0.251 e. The number of carbonyl (C=O) groups is 2. The minimum absolute atomic E-state index is 0.0363. The maximum atomic E-state index is 12.4. The van der Waals surface area contributed by atoms with Crippen LogP contribution in [-0.4, -0.2) is 24.4 Å². The average Bonchev–Trinajstić information content (AvgIpc) is 2.63. The highest BCUT2D eigenvalue weighted by Crippen LogP contribution is 2.07. The van der Waals surface area contributed by atoms with E-state index >= 15 is 0 Å². The zero-order chi connectivity index (χ0) is 18.9. The van der Waals surface area contributed by atoms with E-state index < -0.39 is 6.04 Å². The van der Waals surface area contributed by atoms with Crippen LogP contribution in [0, 0.1) is 24.7 Å². The Hall–Kier alpha value is -3.06. The van der Waals surface area contributed by atoms with Crippen LogP contribution < -0.4 is 10.6 Å². The highest BCUT2D eigenvalue weighted by molar-refractivity contribution is 5.97. The van der Waals surface area contributed by atoms with Gasteiger partial charge in [0, 0.05) is 11.1 Å². The summed E-state index contributed by atoms with van der Waals surface area (Å²) in [5.41, 5.74) is 2.45. The lowest BCUT2D eigenvalue weighted by atomic mass is 10.0. The molecule has 4 nitrogen and oxygen atoms in total. The first-order chi connectivity index (χ1) is 12.5. The minimum Gasteiger partial charge on any atom is -0.343 e. The van der Waals surface area contributed by atoms with Crippen molar-refractivity contribution in [1.29, 1.82) is 0 Å². The Morgan fingerprint density at radius 1 is 1.04 bits per heavy atom. The molecule has 2 aromatic carbocycles. The third-order valence-electron chi connectivity index (χ3n) is 3.87. The Morgan fingerprint density at radius 3 is 2.42 bits per heavy atom. The molecule has 2 aromatic rings. The summed E-state index contributed by atoms with van der Waals surface area (Å²) >= 11 is 0. The molecule has 0 aliphatic carbocycles. The zero-order valence-electron chi connectivity index (χ0n) is 15.4. The van der Waals surface area contributed by atoms with Crippen molar-refractivity contribution in [2.75, 3.05) is 6.54 Å². The lowest BCUT2D eigenvalue weighted by Crippen LogP contribution is -2.49. The SMILES string of the molecule is Cc1cccc(C(=O)NC(C(=O)NCC#Cc2ccccc2)C(C)C)c1. The van der Waals surface area contributed by atoms with Crippen LogP contribution in [-0.2, 0) is 4.79 Å². The summed E-state index contributed by atoms with van der Waals surface area (Å²) < 4.78 is 0. The van der Waals surface area contributed by atoms with E-state index in [0.29, 0.717) is 5.56 Å². The van der Waals surface area contributed by atoms with Crippen molar-refractivity contribution in [3.63, 3.8) is 0 Å². The van der Waals surface area contributed by atoms with Gasteiger partial charge in [0.15, 0.2) is 0 Å². The van der Waals surface area contributed by atoms with Gasteiger partial charge in [-0.1, -0.05) is 61.6 Å². The van der Waals surface area contributed by atoms with Gasteiger partial charge in [-0.15, -0.1) is 0 Å². The maximum Gasteiger partial charge on any atom is 0.251 e. The van der Waals surface area contributed by atoms with Crippen LogP contribution in [0.5, 0.6) is 0 Å². The van der Waals surface area contributed by atoms with Crippen molar-refractivity contribution in [3.05, 3.63) is 71.3 Å². The highest BCUT2D eigenvalue weighted by Gasteiger charge is 2.24. The van der Waals surface area contributed by atoms with Crippen LogP contribution in [0.15, 0.2) is 54.6 Å². The molecule has 26 heavy (non-hydrogen) atoms. The number of amides is 2. The number of carbonyl (C=O) groups excluding carboxylic acids is 2. The van der Waals surface area contributed by atoms with Gasteiger partial charge in [0.2, 0.25) is 5.91 Å². The van der Waals surface area contributed by atoms with E-state index in [0.717, 1.165) is 11.1 Å². The van der Waals surface area contributed by atoms with Crippen LogP contribution in [0.2, 0.25) is 0 Å². The summed E-state index contributed by atoms with van der Waals surface area (Å²) in [6.07, 6.45) is 0. The zero-order valence-corrected chi connectivity index (χ0v) is 15.4. The standard InChI is InChI=1S/C22H24N2O2/c1-16(2)20(24-21(25)19-13-7-9-17(3)15-19)22(26)23-14-8-12-18-10-5-4-6-11-18/h4-7,9-11,13,15-16,20H,14H2,1-3H3,(H,23,26)(H,24,25). The Morgan fingerprint density at radius 2 is 1.77 bits per heavy atom. The largest absolute Gasteiger partial charge is 0.343 e. The van der Waals surface area contributed by atoms with Crippen LogP contribution in [0.1, 0.15) is 35.3 Å². The maximum absolute atomic E-state index is 12.4. The van der Waals surface area contributed by atoms with Gasteiger partial charge in [-0.25, -0.2) is 0 Å².